The van der Waals surface area contributed by atoms with Gasteiger partial charge in [0.25, 0.3) is 0 Å². The maximum absolute atomic E-state index is 11.6. The van der Waals surface area contributed by atoms with Gasteiger partial charge >= 0.3 is 0 Å². The van der Waals surface area contributed by atoms with Crippen molar-refractivity contribution in [3.05, 3.63) is 24.0 Å². The molecule has 2 heterocycles. The third-order valence-corrected chi connectivity index (χ3v) is 5.93. The van der Waals surface area contributed by atoms with Gasteiger partial charge in [0.2, 0.25) is 0 Å². The van der Waals surface area contributed by atoms with Gasteiger partial charge in [-0.05, 0) is 25.0 Å². The molecule has 0 aliphatic carbocycles. The Kier molecular flexibility index (Phi) is 3.84. The summed E-state index contributed by atoms with van der Waals surface area (Å²) in [6, 6.07) is 5.86. The Morgan fingerprint density at radius 3 is 2.71 bits per heavy atom. The summed E-state index contributed by atoms with van der Waals surface area (Å²) in [7, 11) is -1.26. The normalized spacial score (nSPS) is 19.0. The summed E-state index contributed by atoms with van der Waals surface area (Å²) in [5.41, 5.74) is 1.81. The quantitative estimate of drug-likeness (QED) is 0.812. The van der Waals surface area contributed by atoms with Crippen LogP contribution in [0.25, 0.3) is 11.0 Å². The summed E-state index contributed by atoms with van der Waals surface area (Å²) in [6.07, 6.45) is 1.23. The van der Waals surface area contributed by atoms with Crippen LogP contribution in [-0.2, 0) is 15.7 Å². The second kappa shape index (κ2) is 5.50. The molecule has 1 aromatic heterocycles. The van der Waals surface area contributed by atoms with Crippen molar-refractivity contribution < 1.29 is 13.2 Å². The number of rotatable bonds is 3. The molecule has 1 aromatic carbocycles. The van der Waals surface area contributed by atoms with Crippen molar-refractivity contribution in [3.63, 3.8) is 0 Å². The average Bonchev–Trinajstić information content (AvgIpc) is 2.84. The molecular formula is C14H17ClN2O3S. The topological polar surface area (TPSA) is 61.2 Å². The predicted molar refractivity (Wildman–Crippen MR) is 82.8 cm³/mol. The van der Waals surface area contributed by atoms with Crippen LogP contribution in [0.3, 0.4) is 0 Å². The molecule has 3 rings (SSSR count). The lowest BCUT2D eigenvalue weighted by Gasteiger charge is -2.25. The van der Waals surface area contributed by atoms with E-state index in [2.05, 4.69) is 9.55 Å². The van der Waals surface area contributed by atoms with E-state index < -0.39 is 9.84 Å². The Hall–Kier alpha value is -1.27. The minimum atomic E-state index is -2.88. The summed E-state index contributed by atoms with van der Waals surface area (Å²) in [6.45, 7) is 0. The lowest BCUT2D eigenvalue weighted by molar-refractivity contribution is 0.415. The largest absolute Gasteiger partial charge is 0.497 e. The van der Waals surface area contributed by atoms with E-state index in [9.17, 15) is 8.42 Å². The van der Waals surface area contributed by atoms with Gasteiger partial charge in [0.15, 0.2) is 0 Å². The maximum Gasteiger partial charge on any atom is 0.150 e. The first-order chi connectivity index (χ1) is 10.0. The van der Waals surface area contributed by atoms with E-state index in [0.717, 1.165) is 22.6 Å². The fourth-order valence-electron chi connectivity index (χ4n) is 2.89. The van der Waals surface area contributed by atoms with E-state index in [1.807, 2.05) is 18.2 Å². The first-order valence-corrected chi connectivity index (χ1v) is 9.21. The molecule has 1 aliphatic heterocycles. The smallest absolute Gasteiger partial charge is 0.150 e. The molecular weight excluding hydrogens is 312 g/mol. The second-order valence-electron chi connectivity index (χ2n) is 5.27. The van der Waals surface area contributed by atoms with Crippen LogP contribution in [0.15, 0.2) is 18.2 Å². The van der Waals surface area contributed by atoms with Crippen LogP contribution in [-0.4, -0.2) is 36.6 Å². The van der Waals surface area contributed by atoms with Crippen molar-refractivity contribution in [1.29, 1.82) is 0 Å². The molecule has 1 aliphatic rings. The summed E-state index contributed by atoms with van der Waals surface area (Å²) in [4.78, 5) is 4.55. The summed E-state index contributed by atoms with van der Waals surface area (Å²) < 4.78 is 30.5. The van der Waals surface area contributed by atoms with Gasteiger partial charge in [-0.3, -0.25) is 0 Å². The molecule has 0 N–H and O–H groups in total. The number of hydrogen-bond donors (Lipinski definition) is 0. The summed E-state index contributed by atoms with van der Waals surface area (Å²) >= 11 is 6.02. The van der Waals surface area contributed by atoms with Gasteiger partial charge in [0.05, 0.1) is 35.5 Å². The van der Waals surface area contributed by atoms with Gasteiger partial charge in [-0.2, -0.15) is 0 Å². The van der Waals surface area contributed by atoms with Crippen LogP contribution < -0.4 is 4.74 Å². The van der Waals surface area contributed by atoms with Crippen LogP contribution >= 0.6 is 11.6 Å². The molecule has 0 saturated carbocycles. The fourth-order valence-corrected chi connectivity index (χ4v) is 4.55. The predicted octanol–water partition coefficient (Wildman–Crippen LogP) is 2.53. The van der Waals surface area contributed by atoms with Crippen LogP contribution in [0.1, 0.15) is 24.7 Å². The van der Waals surface area contributed by atoms with E-state index in [1.54, 1.807) is 7.11 Å². The minimum Gasteiger partial charge on any atom is -0.497 e. The zero-order valence-corrected chi connectivity index (χ0v) is 13.3. The van der Waals surface area contributed by atoms with Gasteiger partial charge in [-0.1, -0.05) is 0 Å². The number of methoxy groups -OCH3 is 1. The van der Waals surface area contributed by atoms with E-state index in [-0.39, 0.29) is 17.5 Å². The summed E-state index contributed by atoms with van der Waals surface area (Å²) in [5.74, 6) is 2.30. The molecule has 0 spiro atoms. The Morgan fingerprint density at radius 1 is 1.38 bits per heavy atom. The molecule has 0 unspecified atom stereocenters. The van der Waals surface area contributed by atoms with Crippen molar-refractivity contribution >= 4 is 32.5 Å². The van der Waals surface area contributed by atoms with Gasteiger partial charge in [-0.15, -0.1) is 11.6 Å². The molecule has 2 aromatic rings. The molecule has 0 bridgehead atoms. The maximum atomic E-state index is 11.6. The van der Waals surface area contributed by atoms with Gasteiger partial charge in [0.1, 0.15) is 21.4 Å². The Bertz CT molecular complexity index is 756. The highest BCUT2D eigenvalue weighted by Gasteiger charge is 2.27. The van der Waals surface area contributed by atoms with Gasteiger partial charge in [0, 0.05) is 12.1 Å². The zero-order valence-electron chi connectivity index (χ0n) is 11.8. The summed E-state index contributed by atoms with van der Waals surface area (Å²) in [5, 5.41) is 0. The molecule has 5 nitrogen and oxygen atoms in total. The number of sulfone groups is 1. The molecule has 1 saturated heterocycles. The van der Waals surface area contributed by atoms with Crippen LogP contribution in [0.5, 0.6) is 5.75 Å². The molecule has 0 amide bonds. The standard InChI is InChI=1S/C14H17ClN2O3S/c1-20-11-2-3-13-12(8-11)16-14(9-15)17(13)10-4-6-21(18,19)7-5-10/h2-3,8,10H,4-7,9H2,1H3. The zero-order chi connectivity index (χ0) is 15.0. The molecule has 0 atom stereocenters. The first kappa shape index (κ1) is 14.7. The number of ether oxygens (including phenoxy) is 1. The number of benzene rings is 1. The number of nitrogens with zero attached hydrogens (tertiary/aromatic N) is 2. The first-order valence-electron chi connectivity index (χ1n) is 6.85. The molecule has 0 radical (unpaired) electrons. The molecule has 7 heteroatoms. The van der Waals surface area contributed by atoms with Crippen molar-refractivity contribution in [2.24, 2.45) is 0 Å². The number of fused-ring (bicyclic) bond motifs is 1. The van der Waals surface area contributed by atoms with Gasteiger partial charge < -0.3 is 9.30 Å². The molecule has 21 heavy (non-hydrogen) atoms. The van der Waals surface area contributed by atoms with Gasteiger partial charge in [-0.25, -0.2) is 13.4 Å². The third-order valence-electron chi connectivity index (χ3n) is 3.98. The van der Waals surface area contributed by atoms with E-state index in [0.29, 0.717) is 18.7 Å². The monoisotopic (exact) mass is 328 g/mol. The lowest BCUT2D eigenvalue weighted by atomic mass is 10.1. The molecule has 1 fully saturated rings. The van der Waals surface area contributed by atoms with E-state index in [1.165, 1.54) is 0 Å². The highest BCUT2D eigenvalue weighted by atomic mass is 35.5. The second-order valence-corrected chi connectivity index (χ2v) is 7.84. The van der Waals surface area contributed by atoms with Crippen LogP contribution in [0, 0.1) is 0 Å². The van der Waals surface area contributed by atoms with E-state index >= 15 is 0 Å². The fraction of sp³-hybridized carbons (Fsp3) is 0.500. The minimum absolute atomic E-state index is 0.140. The van der Waals surface area contributed by atoms with Crippen LogP contribution in [0.2, 0.25) is 0 Å². The highest BCUT2D eigenvalue weighted by Crippen LogP contribution is 2.31. The average molecular weight is 329 g/mol. The van der Waals surface area contributed by atoms with Crippen molar-refractivity contribution in [2.75, 3.05) is 18.6 Å². The van der Waals surface area contributed by atoms with E-state index in [4.69, 9.17) is 16.3 Å². The number of hydrogen-bond acceptors (Lipinski definition) is 4. The number of aromatic nitrogens is 2. The van der Waals surface area contributed by atoms with Crippen LogP contribution in [0.4, 0.5) is 0 Å². The van der Waals surface area contributed by atoms with Crippen molar-refractivity contribution in [1.82, 2.24) is 9.55 Å². The van der Waals surface area contributed by atoms with Crippen molar-refractivity contribution in [3.8, 4) is 5.75 Å². The highest BCUT2D eigenvalue weighted by molar-refractivity contribution is 7.91. The lowest BCUT2D eigenvalue weighted by Crippen LogP contribution is -2.26. The number of alkyl halides is 1. The van der Waals surface area contributed by atoms with Crippen molar-refractivity contribution in [2.45, 2.75) is 24.8 Å². The Labute approximate surface area is 128 Å². The Balaban J connectivity index is 2.04. The number of halogens is 1. The molecule has 114 valence electrons. The third kappa shape index (κ3) is 2.74. The Morgan fingerprint density at radius 2 is 2.10 bits per heavy atom. The SMILES string of the molecule is COc1ccc2c(c1)nc(CCl)n2C1CCS(=O)(=O)CC1. The number of imidazole rings is 1.